The molecular weight excluding hydrogens is 553 g/mol. The van der Waals surface area contributed by atoms with E-state index in [1.807, 2.05) is 78.9 Å². The molecule has 1 aromatic heterocycles. The second kappa shape index (κ2) is 11.3. The first kappa shape index (κ1) is 27.5. The minimum absolute atomic E-state index is 0.0780. The summed E-state index contributed by atoms with van der Waals surface area (Å²) < 4.78 is 40.4. The highest BCUT2D eigenvalue weighted by molar-refractivity contribution is 7.20. The zero-order chi connectivity index (χ0) is 29.3. The maximum Gasteiger partial charge on any atom is 0.416 e. The lowest BCUT2D eigenvalue weighted by molar-refractivity contribution is -0.137. The number of carbonyl (C=O) groups is 1. The van der Waals surface area contributed by atoms with E-state index in [0.717, 1.165) is 44.7 Å². The molecule has 42 heavy (non-hydrogen) atoms. The van der Waals surface area contributed by atoms with Gasteiger partial charge < -0.3 is 0 Å². The Morgan fingerprint density at radius 2 is 1.62 bits per heavy atom. The molecule has 7 heteroatoms. The molecule has 1 heterocycles. The van der Waals surface area contributed by atoms with Crippen LogP contribution in [0.2, 0.25) is 0 Å². The molecule has 3 aromatic carbocycles. The average molecular weight is 579 g/mol. The Morgan fingerprint density at radius 3 is 2.31 bits per heavy atom. The number of rotatable bonds is 5. The van der Waals surface area contributed by atoms with Gasteiger partial charge in [-0.05, 0) is 77.4 Å². The largest absolute Gasteiger partial charge is 0.416 e. The van der Waals surface area contributed by atoms with Gasteiger partial charge in [-0.3, -0.25) is 4.79 Å². The van der Waals surface area contributed by atoms with Gasteiger partial charge in [0, 0.05) is 21.4 Å². The number of nitrogens with zero attached hydrogens (tertiary/aromatic N) is 2. The number of fused-ring (bicyclic) bond motifs is 1. The van der Waals surface area contributed by atoms with Crippen molar-refractivity contribution in [3.8, 4) is 0 Å². The highest BCUT2D eigenvalue weighted by Crippen LogP contribution is 2.39. The van der Waals surface area contributed by atoms with Crippen molar-refractivity contribution in [1.29, 1.82) is 0 Å². The van der Waals surface area contributed by atoms with Crippen molar-refractivity contribution in [1.82, 2.24) is 0 Å². The molecule has 6 rings (SSSR count). The molecule has 0 N–H and O–H groups in total. The third-order valence-electron chi connectivity index (χ3n) is 7.19. The smallest absolute Gasteiger partial charge is 0.289 e. The molecular formula is C35H25F3N2OS. The Labute approximate surface area is 245 Å². The van der Waals surface area contributed by atoms with Gasteiger partial charge in [-0.15, -0.1) is 16.5 Å². The van der Waals surface area contributed by atoms with Crippen LogP contribution in [0.1, 0.15) is 29.3 Å². The summed E-state index contributed by atoms with van der Waals surface area (Å²) in [6.45, 7) is 2.13. The Kier molecular flexibility index (Phi) is 7.43. The molecule has 208 valence electrons. The predicted molar refractivity (Wildman–Crippen MR) is 163 cm³/mol. The molecule has 0 radical (unpaired) electrons. The van der Waals surface area contributed by atoms with Crippen LogP contribution in [0.25, 0.3) is 21.4 Å². The lowest BCUT2D eigenvalue weighted by Crippen LogP contribution is -2.13. The second-order valence-corrected chi connectivity index (χ2v) is 11.3. The summed E-state index contributed by atoms with van der Waals surface area (Å²) in [5.74, 6) is 0.310. The number of allylic oxidation sites excluding steroid dienone is 9. The van der Waals surface area contributed by atoms with Gasteiger partial charge >= 0.3 is 6.18 Å². The zero-order valence-corrected chi connectivity index (χ0v) is 23.4. The van der Waals surface area contributed by atoms with Crippen molar-refractivity contribution in [3.63, 3.8) is 0 Å². The molecule has 0 saturated carbocycles. The van der Waals surface area contributed by atoms with E-state index in [9.17, 15) is 18.0 Å². The molecule has 1 unspecified atom stereocenters. The maximum absolute atomic E-state index is 13.9. The predicted octanol–water partition coefficient (Wildman–Crippen LogP) is 10.5. The zero-order valence-electron chi connectivity index (χ0n) is 22.6. The number of carbonyl (C=O) groups excluding carboxylic acids is 1. The molecule has 0 saturated heterocycles. The fraction of sp³-hybridized carbons (Fsp3) is 0.114. The van der Waals surface area contributed by atoms with Crippen LogP contribution in [0, 0.1) is 5.92 Å². The van der Waals surface area contributed by atoms with E-state index in [-0.39, 0.29) is 11.5 Å². The van der Waals surface area contributed by atoms with Crippen molar-refractivity contribution in [3.05, 3.63) is 148 Å². The number of hydrogen-bond acceptors (Lipinski definition) is 4. The second-order valence-electron chi connectivity index (χ2n) is 10.2. The maximum atomic E-state index is 13.9. The monoisotopic (exact) mass is 578 g/mol. The third-order valence-corrected chi connectivity index (χ3v) is 8.31. The SMILES string of the molecule is CC1C=CC(C2=C/C(=C(/N=Nc3ccc(C(F)(F)F)cc3)c3cc4ccccc4s3)C=C(c3ccccc3)C2=O)=CC1. The number of ketones is 1. The fourth-order valence-corrected chi connectivity index (χ4v) is 5.98. The van der Waals surface area contributed by atoms with Crippen molar-refractivity contribution < 1.29 is 18.0 Å². The van der Waals surface area contributed by atoms with Gasteiger partial charge in [-0.2, -0.15) is 18.3 Å². The summed E-state index contributed by atoms with van der Waals surface area (Å²) >= 11 is 1.54. The van der Waals surface area contributed by atoms with E-state index < -0.39 is 11.7 Å². The Hall–Kier alpha value is -4.62. The first-order chi connectivity index (χ1) is 20.3. The van der Waals surface area contributed by atoms with E-state index in [0.29, 0.717) is 28.3 Å². The fourth-order valence-electron chi connectivity index (χ4n) is 4.91. The van der Waals surface area contributed by atoms with E-state index >= 15 is 0 Å². The van der Waals surface area contributed by atoms with Crippen LogP contribution in [0.4, 0.5) is 18.9 Å². The van der Waals surface area contributed by atoms with E-state index in [1.54, 1.807) is 11.3 Å². The van der Waals surface area contributed by atoms with Gasteiger partial charge in [0.2, 0.25) is 0 Å². The number of hydrogen-bond donors (Lipinski definition) is 0. The first-order valence-corrected chi connectivity index (χ1v) is 14.3. The molecule has 2 aliphatic rings. The molecule has 0 bridgehead atoms. The summed E-state index contributed by atoms with van der Waals surface area (Å²) in [5, 5.41) is 10.0. The third kappa shape index (κ3) is 5.74. The Bertz CT molecular complexity index is 1820. The highest BCUT2D eigenvalue weighted by atomic mass is 32.1. The molecule has 0 amide bonds. The summed E-state index contributed by atoms with van der Waals surface area (Å²) in [4.78, 5) is 14.7. The standard InChI is InChI=1S/C35H25F3N2OS/c1-22-11-13-24(14-12-22)30-20-26(19-29(34(30)41)23-7-3-2-4-8-23)33(32-21-25-9-5-6-10-31(25)42-32)40-39-28-17-15-27(16-18-28)35(36,37)38/h2-11,13-22H,12H2,1H3/b33-26+,40-39?. The van der Waals surface area contributed by atoms with Crippen molar-refractivity contribution in [2.75, 3.05) is 0 Å². The van der Waals surface area contributed by atoms with E-state index in [1.165, 1.54) is 12.1 Å². The van der Waals surface area contributed by atoms with Crippen LogP contribution in [0.5, 0.6) is 0 Å². The summed E-state index contributed by atoms with van der Waals surface area (Å²) in [6.07, 6.45) is 6.26. The number of benzene rings is 3. The highest BCUT2D eigenvalue weighted by Gasteiger charge is 2.30. The molecule has 0 fully saturated rings. The van der Waals surface area contributed by atoms with Gasteiger partial charge in [0.1, 0.15) is 5.70 Å². The van der Waals surface area contributed by atoms with Crippen LogP contribution in [-0.4, -0.2) is 5.78 Å². The Morgan fingerprint density at radius 1 is 0.905 bits per heavy atom. The summed E-state index contributed by atoms with van der Waals surface area (Å²) in [7, 11) is 0. The molecule has 0 aliphatic heterocycles. The van der Waals surface area contributed by atoms with Crippen molar-refractivity contribution in [2.24, 2.45) is 16.1 Å². The molecule has 1 atom stereocenters. The van der Waals surface area contributed by atoms with Gasteiger partial charge in [0.15, 0.2) is 5.78 Å². The number of halogens is 3. The number of alkyl halides is 3. The normalized spacial score (nSPS) is 18.7. The topological polar surface area (TPSA) is 41.8 Å². The molecule has 2 aliphatic carbocycles. The lowest BCUT2D eigenvalue weighted by atomic mass is 9.83. The van der Waals surface area contributed by atoms with Gasteiger partial charge in [-0.25, -0.2) is 0 Å². The Balaban J connectivity index is 1.54. The average Bonchev–Trinajstić information content (AvgIpc) is 3.42. The number of thiophene rings is 1. The quantitative estimate of drug-likeness (QED) is 0.217. The molecule has 0 spiro atoms. The number of Topliss-reactive ketones (excluding diaryl/α,β-unsaturated/α-hetero) is 1. The van der Waals surface area contributed by atoms with Gasteiger partial charge in [0.05, 0.1) is 16.1 Å². The minimum atomic E-state index is -4.44. The minimum Gasteiger partial charge on any atom is -0.289 e. The van der Waals surface area contributed by atoms with Crippen LogP contribution >= 0.6 is 11.3 Å². The van der Waals surface area contributed by atoms with Gasteiger partial charge in [-0.1, -0.05) is 73.7 Å². The summed E-state index contributed by atoms with van der Waals surface area (Å²) in [6, 6.07) is 24.1. The van der Waals surface area contributed by atoms with Crippen LogP contribution in [0.15, 0.2) is 142 Å². The van der Waals surface area contributed by atoms with E-state index in [4.69, 9.17) is 0 Å². The van der Waals surface area contributed by atoms with Crippen LogP contribution in [0.3, 0.4) is 0 Å². The van der Waals surface area contributed by atoms with Crippen molar-refractivity contribution >= 4 is 44.2 Å². The van der Waals surface area contributed by atoms with Gasteiger partial charge in [0.25, 0.3) is 0 Å². The van der Waals surface area contributed by atoms with Crippen molar-refractivity contribution in [2.45, 2.75) is 19.5 Å². The number of azo groups is 1. The lowest BCUT2D eigenvalue weighted by Gasteiger charge is -2.20. The van der Waals surface area contributed by atoms with E-state index in [2.05, 4.69) is 29.3 Å². The molecule has 4 aromatic rings. The summed E-state index contributed by atoms with van der Waals surface area (Å²) in [5.41, 5.74) is 3.51. The first-order valence-electron chi connectivity index (χ1n) is 13.5. The van der Waals surface area contributed by atoms with Crippen LogP contribution < -0.4 is 0 Å². The van der Waals surface area contributed by atoms with Crippen LogP contribution in [-0.2, 0) is 11.0 Å². The molecule has 3 nitrogen and oxygen atoms in total.